The lowest BCUT2D eigenvalue weighted by Crippen LogP contribution is -2.34. The van der Waals surface area contributed by atoms with Crippen molar-refractivity contribution in [2.24, 2.45) is 0 Å². The van der Waals surface area contributed by atoms with Gasteiger partial charge in [0.05, 0.1) is 0 Å². The molecule has 0 aliphatic rings. The maximum absolute atomic E-state index is 6.18. The van der Waals surface area contributed by atoms with Crippen molar-refractivity contribution in [2.75, 3.05) is 13.7 Å². The first-order valence-electron chi connectivity index (χ1n) is 4.56. The van der Waals surface area contributed by atoms with Crippen molar-refractivity contribution in [2.45, 2.75) is 39.2 Å². The molecule has 0 spiro atoms. The molecule has 0 heterocycles. The molecule has 4 heteroatoms. The molecule has 0 N–H and O–H groups in total. The van der Waals surface area contributed by atoms with Gasteiger partial charge in [0.2, 0.25) is 0 Å². The lowest BCUT2D eigenvalue weighted by molar-refractivity contribution is 0.218. The Labute approximate surface area is 81.2 Å². The molecule has 0 amide bonds. The van der Waals surface area contributed by atoms with E-state index < -0.39 is 7.87 Å². The highest BCUT2D eigenvalue weighted by Gasteiger charge is 2.33. The second kappa shape index (κ2) is 6.89. The molecule has 0 rings (SSSR count). The summed E-state index contributed by atoms with van der Waals surface area (Å²) in [6.07, 6.45) is 3.23. The van der Waals surface area contributed by atoms with E-state index in [-0.39, 0.29) is 0 Å². The molecule has 0 saturated carbocycles. The van der Waals surface area contributed by atoms with Gasteiger partial charge in [-0.3, -0.25) is 0 Å². The Bertz CT molecular complexity index is 103. The Morgan fingerprint density at radius 3 is 2.33 bits per heavy atom. The van der Waals surface area contributed by atoms with Crippen molar-refractivity contribution < 1.29 is 8.85 Å². The van der Waals surface area contributed by atoms with Crippen LogP contribution in [0.3, 0.4) is 0 Å². The summed E-state index contributed by atoms with van der Waals surface area (Å²) in [6, 6.07) is 0.890. The lowest BCUT2D eigenvalue weighted by Gasteiger charge is -2.21. The van der Waals surface area contributed by atoms with Gasteiger partial charge in [-0.2, -0.15) is 0 Å². The molecule has 12 heavy (non-hydrogen) atoms. The lowest BCUT2D eigenvalue weighted by atomic mass is 10.4. The summed E-state index contributed by atoms with van der Waals surface area (Å²) in [5.41, 5.74) is 0. The zero-order chi connectivity index (χ0) is 9.45. The van der Waals surface area contributed by atoms with Crippen LogP contribution in [0.1, 0.15) is 33.1 Å². The van der Waals surface area contributed by atoms with E-state index in [1.165, 1.54) is 0 Å². The Balaban J connectivity index is 3.70. The van der Waals surface area contributed by atoms with Crippen LogP contribution >= 0.6 is 11.1 Å². The van der Waals surface area contributed by atoms with E-state index in [9.17, 15) is 0 Å². The molecular formula is C8H19ClO2Si. The zero-order valence-corrected chi connectivity index (χ0v) is 9.99. The molecule has 0 aromatic heterocycles. The van der Waals surface area contributed by atoms with Gasteiger partial charge in [-0.25, -0.2) is 0 Å². The highest BCUT2D eigenvalue weighted by Crippen LogP contribution is 2.20. The van der Waals surface area contributed by atoms with E-state index in [0.29, 0.717) is 6.61 Å². The summed E-state index contributed by atoms with van der Waals surface area (Å²) in [4.78, 5) is 0. The molecule has 2 nitrogen and oxygen atoms in total. The second-order valence-corrected chi connectivity index (χ2v) is 7.06. The van der Waals surface area contributed by atoms with E-state index >= 15 is 0 Å². The van der Waals surface area contributed by atoms with Crippen molar-refractivity contribution in [3.8, 4) is 0 Å². The largest absolute Gasteiger partial charge is 0.442 e. The Hall–Kier alpha value is 0.427. The van der Waals surface area contributed by atoms with Crippen molar-refractivity contribution in [3.05, 3.63) is 0 Å². The third-order valence-electron chi connectivity index (χ3n) is 1.66. The van der Waals surface area contributed by atoms with E-state index in [1.54, 1.807) is 7.11 Å². The molecular weight excluding hydrogens is 192 g/mol. The Kier molecular flexibility index (Phi) is 7.14. The van der Waals surface area contributed by atoms with Crippen LogP contribution < -0.4 is 0 Å². The van der Waals surface area contributed by atoms with Crippen molar-refractivity contribution >= 4 is 18.9 Å². The standard InChI is InChI=1S/C8H19ClO2Si/c1-4-6-8-12(9,10-3)11-7-5-2/h4-8H2,1-3H3. The van der Waals surface area contributed by atoms with Gasteiger partial charge in [-0.1, -0.05) is 37.8 Å². The molecule has 1 unspecified atom stereocenters. The van der Waals surface area contributed by atoms with Crippen molar-refractivity contribution in [1.29, 1.82) is 0 Å². The predicted octanol–water partition coefficient (Wildman–Crippen LogP) is 3.04. The van der Waals surface area contributed by atoms with Gasteiger partial charge in [-0.15, -0.1) is 0 Å². The third-order valence-corrected chi connectivity index (χ3v) is 5.21. The van der Waals surface area contributed by atoms with Crippen LogP contribution in [0.2, 0.25) is 6.04 Å². The summed E-state index contributed by atoms with van der Waals surface area (Å²) >= 11 is 6.18. The topological polar surface area (TPSA) is 18.5 Å². The van der Waals surface area contributed by atoms with Gasteiger partial charge < -0.3 is 8.85 Å². The van der Waals surface area contributed by atoms with Crippen LogP contribution in [0.4, 0.5) is 0 Å². The highest BCUT2D eigenvalue weighted by molar-refractivity contribution is 7.12. The molecule has 74 valence electrons. The Morgan fingerprint density at radius 1 is 1.25 bits per heavy atom. The van der Waals surface area contributed by atoms with Gasteiger partial charge in [0.15, 0.2) is 0 Å². The SMILES string of the molecule is CCCC[Si](Cl)(OC)OCCC. The van der Waals surface area contributed by atoms with Crippen LogP contribution in [0.5, 0.6) is 0 Å². The molecule has 1 atom stereocenters. The first-order chi connectivity index (χ1) is 5.68. The third kappa shape index (κ3) is 5.14. The average molecular weight is 211 g/mol. The van der Waals surface area contributed by atoms with E-state index in [2.05, 4.69) is 13.8 Å². The van der Waals surface area contributed by atoms with E-state index in [0.717, 1.165) is 25.3 Å². The number of unbranched alkanes of at least 4 members (excludes halogenated alkanes) is 1. The van der Waals surface area contributed by atoms with Gasteiger partial charge in [0.1, 0.15) is 0 Å². The number of halogens is 1. The van der Waals surface area contributed by atoms with Gasteiger partial charge in [0.25, 0.3) is 0 Å². The van der Waals surface area contributed by atoms with Crippen LogP contribution in [0.15, 0.2) is 0 Å². The maximum atomic E-state index is 6.18. The molecule has 0 fully saturated rings. The fraction of sp³-hybridized carbons (Fsp3) is 1.00. The number of hydrogen-bond acceptors (Lipinski definition) is 2. The minimum atomic E-state index is -2.29. The molecule has 0 aliphatic carbocycles. The summed E-state index contributed by atoms with van der Waals surface area (Å²) in [5, 5.41) is 0. The summed E-state index contributed by atoms with van der Waals surface area (Å²) in [6.45, 7) is 4.93. The summed E-state index contributed by atoms with van der Waals surface area (Å²) in [5.74, 6) is 0. The van der Waals surface area contributed by atoms with E-state index in [4.69, 9.17) is 19.9 Å². The molecule has 0 bridgehead atoms. The van der Waals surface area contributed by atoms with Crippen LogP contribution in [0, 0.1) is 0 Å². The molecule has 0 aromatic carbocycles. The molecule has 0 aliphatic heterocycles. The van der Waals surface area contributed by atoms with Gasteiger partial charge in [-0.05, 0) is 6.42 Å². The molecule has 0 saturated heterocycles. The second-order valence-electron chi connectivity index (χ2n) is 2.82. The highest BCUT2D eigenvalue weighted by atomic mass is 35.6. The molecule has 0 aromatic rings. The predicted molar refractivity (Wildman–Crippen MR) is 54.6 cm³/mol. The quantitative estimate of drug-likeness (QED) is 0.475. The fourth-order valence-corrected chi connectivity index (χ4v) is 3.26. The fourth-order valence-electron chi connectivity index (χ4n) is 0.876. The maximum Gasteiger partial charge on any atom is 0.442 e. The molecule has 0 radical (unpaired) electrons. The van der Waals surface area contributed by atoms with Crippen molar-refractivity contribution in [3.63, 3.8) is 0 Å². The summed E-state index contributed by atoms with van der Waals surface area (Å²) in [7, 11) is -0.650. The smallest absolute Gasteiger partial charge is 0.386 e. The minimum absolute atomic E-state index is 0.716. The monoisotopic (exact) mass is 210 g/mol. The average Bonchev–Trinajstić information content (AvgIpc) is 2.11. The van der Waals surface area contributed by atoms with Crippen LogP contribution in [-0.2, 0) is 8.85 Å². The first-order valence-corrected chi connectivity index (χ1v) is 7.60. The van der Waals surface area contributed by atoms with E-state index in [1.807, 2.05) is 0 Å². The zero-order valence-electron chi connectivity index (χ0n) is 8.23. The van der Waals surface area contributed by atoms with Crippen LogP contribution in [0.25, 0.3) is 0 Å². The summed E-state index contributed by atoms with van der Waals surface area (Å²) < 4.78 is 10.7. The number of hydrogen-bond donors (Lipinski definition) is 0. The number of rotatable bonds is 7. The minimum Gasteiger partial charge on any atom is -0.386 e. The van der Waals surface area contributed by atoms with Gasteiger partial charge in [0, 0.05) is 19.8 Å². The van der Waals surface area contributed by atoms with Crippen LogP contribution in [-0.4, -0.2) is 21.6 Å². The van der Waals surface area contributed by atoms with Gasteiger partial charge >= 0.3 is 7.87 Å². The Morgan fingerprint density at radius 2 is 1.92 bits per heavy atom. The normalized spacial score (nSPS) is 16.0. The van der Waals surface area contributed by atoms with Crippen molar-refractivity contribution in [1.82, 2.24) is 0 Å². The first kappa shape index (κ1) is 12.4.